The minimum Gasteiger partial charge on any atom is -0.328 e. The maximum Gasteiger partial charge on any atom is 0.0334 e. The van der Waals surface area contributed by atoms with E-state index in [2.05, 4.69) is 0 Å². The molecule has 0 aromatic rings. The van der Waals surface area contributed by atoms with E-state index in [4.69, 9.17) is 5.73 Å². The van der Waals surface area contributed by atoms with E-state index in [1.807, 2.05) is 20.8 Å². The van der Waals surface area contributed by atoms with Crippen molar-refractivity contribution in [1.29, 1.82) is 0 Å². The Bertz CT molecular complexity index is 114. The van der Waals surface area contributed by atoms with Gasteiger partial charge in [-0.1, -0.05) is 13.8 Å². The molecule has 3 unspecified atom stereocenters. The van der Waals surface area contributed by atoms with Crippen LogP contribution in [-0.4, -0.2) is 21.3 Å². The van der Waals surface area contributed by atoms with Crippen LogP contribution in [0.3, 0.4) is 0 Å². The Kier molecular flexibility index (Phi) is 4.91. The van der Waals surface area contributed by atoms with Crippen LogP contribution >= 0.6 is 0 Å². The van der Waals surface area contributed by atoms with Crippen LogP contribution in [0.1, 0.15) is 27.2 Å². The molecule has 3 heteroatoms. The molecule has 0 aliphatic heterocycles. The Morgan fingerprint density at radius 3 is 2.30 bits per heavy atom. The zero-order valence-electron chi connectivity index (χ0n) is 6.96. The lowest BCUT2D eigenvalue weighted by Gasteiger charge is -2.11. The third-order valence-corrected chi connectivity index (χ3v) is 3.10. The Hall–Kier alpha value is 0.110. The molecule has 0 aromatic carbocycles. The van der Waals surface area contributed by atoms with Gasteiger partial charge in [-0.25, -0.2) is 0 Å². The van der Waals surface area contributed by atoms with Crippen LogP contribution in [0.5, 0.6) is 0 Å². The van der Waals surface area contributed by atoms with Gasteiger partial charge >= 0.3 is 0 Å². The van der Waals surface area contributed by atoms with Crippen molar-refractivity contribution in [2.24, 2.45) is 5.73 Å². The molecule has 62 valence electrons. The van der Waals surface area contributed by atoms with E-state index < -0.39 is 10.8 Å². The van der Waals surface area contributed by atoms with Crippen LogP contribution < -0.4 is 5.73 Å². The molecule has 0 bridgehead atoms. The van der Waals surface area contributed by atoms with Crippen molar-refractivity contribution in [2.45, 2.75) is 38.5 Å². The summed E-state index contributed by atoms with van der Waals surface area (Å²) < 4.78 is 11.1. The fourth-order valence-corrected chi connectivity index (χ4v) is 2.00. The molecule has 0 aliphatic carbocycles. The van der Waals surface area contributed by atoms with E-state index in [0.29, 0.717) is 0 Å². The van der Waals surface area contributed by atoms with Crippen molar-refractivity contribution in [3.63, 3.8) is 0 Å². The second-order valence-electron chi connectivity index (χ2n) is 2.69. The molecule has 10 heavy (non-hydrogen) atoms. The predicted octanol–water partition coefficient (Wildman–Crippen LogP) is 0.881. The average Bonchev–Trinajstić information content (AvgIpc) is 1.85. The van der Waals surface area contributed by atoms with Gasteiger partial charge in [0.25, 0.3) is 0 Å². The van der Waals surface area contributed by atoms with Gasteiger partial charge in [0.2, 0.25) is 0 Å². The smallest absolute Gasteiger partial charge is 0.0334 e. The summed E-state index contributed by atoms with van der Waals surface area (Å²) in [6.07, 6.45) is 0.862. The summed E-state index contributed by atoms with van der Waals surface area (Å²) in [5.74, 6) is 0.744. The lowest BCUT2D eigenvalue weighted by molar-refractivity contribution is 0.629. The van der Waals surface area contributed by atoms with E-state index in [-0.39, 0.29) is 11.3 Å². The van der Waals surface area contributed by atoms with Crippen molar-refractivity contribution >= 4 is 10.8 Å². The summed E-state index contributed by atoms with van der Waals surface area (Å²) in [6, 6.07) is 0.172. The fourth-order valence-electron chi connectivity index (χ4n) is 0.915. The molecular weight excluding hydrogens is 146 g/mol. The summed E-state index contributed by atoms with van der Waals surface area (Å²) in [5, 5.41) is 0.255. The van der Waals surface area contributed by atoms with E-state index in [1.165, 1.54) is 0 Å². The Morgan fingerprint density at radius 1 is 1.50 bits per heavy atom. The second-order valence-corrected chi connectivity index (χ2v) is 4.84. The van der Waals surface area contributed by atoms with Gasteiger partial charge in [-0.2, -0.15) is 0 Å². The fraction of sp³-hybridized carbons (Fsp3) is 1.00. The quantitative estimate of drug-likeness (QED) is 0.668. The highest BCUT2D eigenvalue weighted by Crippen LogP contribution is 2.03. The SMILES string of the molecule is CCS(=O)C(C)CC(C)N. The minimum absolute atomic E-state index is 0.172. The molecule has 0 radical (unpaired) electrons. The molecule has 0 saturated carbocycles. The van der Waals surface area contributed by atoms with Crippen molar-refractivity contribution in [1.82, 2.24) is 0 Å². The minimum atomic E-state index is -0.672. The highest BCUT2D eigenvalue weighted by Gasteiger charge is 2.10. The first-order valence-electron chi connectivity index (χ1n) is 3.70. The summed E-state index contributed by atoms with van der Waals surface area (Å²) >= 11 is 0. The molecule has 0 saturated heterocycles. The van der Waals surface area contributed by atoms with Crippen molar-refractivity contribution in [3.05, 3.63) is 0 Å². The predicted molar refractivity (Wildman–Crippen MR) is 46.4 cm³/mol. The van der Waals surface area contributed by atoms with E-state index in [9.17, 15) is 4.21 Å². The lowest BCUT2D eigenvalue weighted by Crippen LogP contribution is -2.24. The highest BCUT2D eigenvalue weighted by atomic mass is 32.2. The van der Waals surface area contributed by atoms with Gasteiger partial charge in [0.15, 0.2) is 0 Å². The first-order chi connectivity index (χ1) is 4.57. The maximum atomic E-state index is 11.1. The molecule has 0 aromatic heterocycles. The van der Waals surface area contributed by atoms with Crippen molar-refractivity contribution in [2.75, 3.05) is 5.75 Å². The standard InChI is InChI=1S/C7H17NOS/c1-4-10(9)7(3)5-6(2)8/h6-7H,4-5,8H2,1-3H3. The largest absolute Gasteiger partial charge is 0.328 e. The van der Waals surface area contributed by atoms with Gasteiger partial charge in [-0.3, -0.25) is 4.21 Å². The third-order valence-electron chi connectivity index (χ3n) is 1.44. The molecule has 0 rings (SSSR count). The molecule has 0 spiro atoms. The second kappa shape index (κ2) is 4.85. The Morgan fingerprint density at radius 2 is 2.00 bits per heavy atom. The van der Waals surface area contributed by atoms with E-state index >= 15 is 0 Å². The summed E-state index contributed by atoms with van der Waals surface area (Å²) in [6.45, 7) is 5.88. The zero-order chi connectivity index (χ0) is 8.15. The van der Waals surface area contributed by atoms with Crippen LogP contribution in [0.2, 0.25) is 0 Å². The summed E-state index contributed by atoms with van der Waals surface area (Å²) in [5.41, 5.74) is 5.55. The first-order valence-corrected chi connectivity index (χ1v) is 5.08. The zero-order valence-corrected chi connectivity index (χ0v) is 7.78. The van der Waals surface area contributed by atoms with Gasteiger partial charge in [0.1, 0.15) is 0 Å². The number of rotatable bonds is 4. The van der Waals surface area contributed by atoms with Crippen LogP contribution in [0.4, 0.5) is 0 Å². The molecule has 2 nitrogen and oxygen atoms in total. The highest BCUT2D eigenvalue weighted by molar-refractivity contribution is 7.85. The number of hydrogen-bond donors (Lipinski definition) is 1. The molecule has 0 heterocycles. The third kappa shape index (κ3) is 4.01. The van der Waals surface area contributed by atoms with Gasteiger partial charge < -0.3 is 5.73 Å². The van der Waals surface area contributed by atoms with Gasteiger partial charge in [0, 0.05) is 27.8 Å². The molecule has 3 atom stereocenters. The summed E-state index contributed by atoms with van der Waals surface area (Å²) in [7, 11) is -0.672. The van der Waals surface area contributed by atoms with Crippen molar-refractivity contribution < 1.29 is 4.21 Å². The average molecular weight is 163 g/mol. The van der Waals surface area contributed by atoms with Gasteiger partial charge in [0.05, 0.1) is 0 Å². The number of nitrogens with two attached hydrogens (primary N) is 1. The lowest BCUT2D eigenvalue weighted by atomic mass is 10.2. The summed E-state index contributed by atoms with van der Waals surface area (Å²) in [4.78, 5) is 0. The van der Waals surface area contributed by atoms with Crippen LogP contribution in [-0.2, 0) is 10.8 Å². The monoisotopic (exact) mass is 163 g/mol. The molecule has 2 N–H and O–H groups in total. The normalized spacial score (nSPS) is 20.0. The van der Waals surface area contributed by atoms with E-state index in [0.717, 1.165) is 12.2 Å². The maximum absolute atomic E-state index is 11.1. The molecule has 0 amide bonds. The van der Waals surface area contributed by atoms with Crippen molar-refractivity contribution in [3.8, 4) is 0 Å². The Labute approximate surface area is 65.6 Å². The molecule has 0 aliphatic rings. The Balaban J connectivity index is 3.61. The van der Waals surface area contributed by atoms with Crippen LogP contribution in [0.25, 0.3) is 0 Å². The van der Waals surface area contributed by atoms with E-state index in [1.54, 1.807) is 0 Å². The van der Waals surface area contributed by atoms with Crippen LogP contribution in [0.15, 0.2) is 0 Å². The molecular formula is C7H17NOS. The van der Waals surface area contributed by atoms with Gasteiger partial charge in [-0.15, -0.1) is 0 Å². The first kappa shape index (κ1) is 10.1. The van der Waals surface area contributed by atoms with Gasteiger partial charge in [-0.05, 0) is 13.3 Å². The molecule has 0 fully saturated rings. The van der Waals surface area contributed by atoms with Crippen LogP contribution in [0, 0.1) is 0 Å². The topological polar surface area (TPSA) is 43.1 Å². The number of hydrogen-bond acceptors (Lipinski definition) is 2.